The van der Waals surface area contributed by atoms with Crippen LogP contribution in [-0.2, 0) is 0 Å². The number of aromatic nitrogens is 1. The molecule has 1 heterocycles. The Morgan fingerprint density at radius 1 is 1.07 bits per heavy atom. The van der Waals surface area contributed by atoms with Crippen molar-refractivity contribution in [3.63, 3.8) is 0 Å². The van der Waals surface area contributed by atoms with Crippen LogP contribution in [-0.4, -0.2) is 34.5 Å². The fraction of sp³-hybridized carbons (Fsp3) is 0.107. The van der Waals surface area contributed by atoms with Crippen LogP contribution in [0.25, 0.3) is 5.69 Å². The maximum absolute atomic E-state index is 14.8. The van der Waals surface area contributed by atoms with Crippen molar-refractivity contribution in [3.05, 3.63) is 106 Å². The molecule has 40 heavy (non-hydrogen) atoms. The van der Waals surface area contributed by atoms with Crippen molar-refractivity contribution in [2.45, 2.75) is 6.92 Å². The summed E-state index contributed by atoms with van der Waals surface area (Å²) in [4.78, 5) is 25.9. The van der Waals surface area contributed by atoms with Gasteiger partial charge in [-0.05, 0) is 79.6 Å². The second-order valence-corrected chi connectivity index (χ2v) is 8.63. The van der Waals surface area contributed by atoms with Crippen LogP contribution in [0.15, 0.2) is 71.5 Å². The summed E-state index contributed by atoms with van der Waals surface area (Å²) in [6, 6.07) is 15.1. The molecule has 4 aromatic rings. The summed E-state index contributed by atoms with van der Waals surface area (Å²) >= 11 is 0.750. The number of pyridine rings is 1. The van der Waals surface area contributed by atoms with Crippen molar-refractivity contribution < 1.29 is 22.9 Å². The van der Waals surface area contributed by atoms with Crippen LogP contribution < -0.4 is 26.7 Å². The lowest BCUT2D eigenvalue weighted by atomic mass is 10.1. The highest BCUT2D eigenvalue weighted by molar-refractivity contribution is 7.93. The second kappa shape index (κ2) is 13.4. The minimum Gasteiger partial charge on any atom is -0.452 e. The number of rotatable bonds is 7. The number of hydrogen-bond donors (Lipinski definition) is 5. The summed E-state index contributed by atoms with van der Waals surface area (Å²) in [5.74, 6) is -1.96. The molecule has 0 fully saturated rings. The Balaban J connectivity index is 0.00000141. The molecule has 12 heteroatoms. The first-order chi connectivity index (χ1) is 19.1. The molecular weight excluding hydrogens is 540 g/mol. The number of benzene rings is 3. The number of amides is 1. The molecule has 0 saturated carbocycles. The van der Waals surface area contributed by atoms with Gasteiger partial charge in [0.05, 0.1) is 5.69 Å². The Bertz CT molecular complexity index is 1590. The van der Waals surface area contributed by atoms with Gasteiger partial charge in [-0.1, -0.05) is 0 Å². The van der Waals surface area contributed by atoms with Crippen LogP contribution in [0.3, 0.4) is 0 Å². The van der Waals surface area contributed by atoms with Gasteiger partial charge in [0.15, 0.2) is 17.3 Å². The van der Waals surface area contributed by atoms with E-state index in [1.54, 1.807) is 32.4 Å². The zero-order chi connectivity index (χ0) is 29.4. The maximum Gasteiger partial charge on any atom is 0.268 e. The number of hydrogen-bond acceptors (Lipinski definition) is 8. The van der Waals surface area contributed by atoms with E-state index in [1.165, 1.54) is 53.1 Å². The number of ether oxygens (including phenoxy) is 1. The summed E-state index contributed by atoms with van der Waals surface area (Å²) in [5.41, 5.74) is 7.63. The van der Waals surface area contributed by atoms with Gasteiger partial charge in [0, 0.05) is 53.9 Å². The molecule has 0 saturated heterocycles. The monoisotopic (exact) mass is 567 g/mol. The number of carbonyl (C=O) groups excluding carboxylic acids is 1. The molecule has 1 aromatic heterocycles. The van der Waals surface area contributed by atoms with Crippen LogP contribution in [0.5, 0.6) is 11.5 Å². The SMILES string of the molecule is CNc1cc(N)c(Oc2ccc(NC(=O)c3ccc(C)n(-c4ccc(F)cc4)c3=O)cc2F)cc1C=N.CSO. The van der Waals surface area contributed by atoms with E-state index in [2.05, 4.69) is 10.6 Å². The van der Waals surface area contributed by atoms with Gasteiger partial charge in [-0.25, -0.2) is 8.78 Å². The molecular formula is C28H27F2N5O4S. The number of halogens is 2. The fourth-order valence-corrected chi connectivity index (χ4v) is 3.73. The third-order valence-corrected chi connectivity index (χ3v) is 5.62. The highest BCUT2D eigenvalue weighted by Gasteiger charge is 2.17. The summed E-state index contributed by atoms with van der Waals surface area (Å²) in [6.45, 7) is 1.69. The van der Waals surface area contributed by atoms with Crippen molar-refractivity contribution in [3.8, 4) is 17.2 Å². The smallest absolute Gasteiger partial charge is 0.268 e. The van der Waals surface area contributed by atoms with Gasteiger partial charge in [0.25, 0.3) is 11.5 Å². The summed E-state index contributed by atoms with van der Waals surface area (Å²) in [6.07, 6.45) is 2.71. The molecule has 0 radical (unpaired) electrons. The fourth-order valence-electron chi connectivity index (χ4n) is 3.73. The zero-order valence-electron chi connectivity index (χ0n) is 21.8. The third kappa shape index (κ3) is 6.84. The Labute approximate surface area is 233 Å². The van der Waals surface area contributed by atoms with Crippen molar-refractivity contribution in [1.29, 1.82) is 5.41 Å². The van der Waals surface area contributed by atoms with Gasteiger partial charge in [-0.2, -0.15) is 0 Å². The van der Waals surface area contributed by atoms with Crippen LogP contribution in [0.4, 0.5) is 25.8 Å². The maximum atomic E-state index is 14.8. The number of anilines is 3. The first-order valence-corrected chi connectivity index (χ1v) is 12.9. The molecule has 0 aliphatic heterocycles. The predicted molar refractivity (Wildman–Crippen MR) is 156 cm³/mol. The zero-order valence-corrected chi connectivity index (χ0v) is 22.6. The van der Waals surface area contributed by atoms with E-state index in [4.69, 9.17) is 20.4 Å². The van der Waals surface area contributed by atoms with Gasteiger partial charge in [-0.3, -0.25) is 14.2 Å². The average molecular weight is 568 g/mol. The summed E-state index contributed by atoms with van der Waals surface area (Å²) < 4.78 is 42.5. The number of aryl methyl sites for hydroxylation is 1. The highest BCUT2D eigenvalue weighted by atomic mass is 32.2. The molecule has 1 amide bonds. The Morgan fingerprint density at radius 3 is 2.35 bits per heavy atom. The van der Waals surface area contributed by atoms with Gasteiger partial charge >= 0.3 is 0 Å². The van der Waals surface area contributed by atoms with E-state index in [1.807, 2.05) is 0 Å². The van der Waals surface area contributed by atoms with Gasteiger partial charge in [-0.15, -0.1) is 0 Å². The van der Waals surface area contributed by atoms with Crippen molar-refractivity contribution in [2.75, 3.05) is 29.7 Å². The van der Waals surface area contributed by atoms with Crippen LogP contribution >= 0.6 is 12.0 Å². The van der Waals surface area contributed by atoms with Crippen LogP contribution in [0.2, 0.25) is 0 Å². The molecule has 0 aliphatic carbocycles. The predicted octanol–water partition coefficient (Wildman–Crippen LogP) is 5.91. The first-order valence-electron chi connectivity index (χ1n) is 11.7. The third-order valence-electron chi connectivity index (χ3n) is 5.62. The number of nitrogens with one attached hydrogen (secondary N) is 3. The lowest BCUT2D eigenvalue weighted by Crippen LogP contribution is -2.29. The van der Waals surface area contributed by atoms with Gasteiger partial charge in [0.2, 0.25) is 0 Å². The van der Waals surface area contributed by atoms with E-state index in [9.17, 15) is 18.4 Å². The topological polar surface area (TPSA) is 142 Å². The van der Waals surface area contributed by atoms with Crippen LogP contribution in [0.1, 0.15) is 21.6 Å². The molecule has 0 spiro atoms. The standard InChI is InChI=1S/C27H23F2N5O3.CH4OS/c1-15-3-9-20(27(36)34(15)19-7-4-17(28)5-8-19)26(35)33-18-6-10-24(21(29)12-18)37-25-11-16(14-30)23(32-2)13-22(25)31;1-3-2/h3-14,30,32H,31H2,1-2H3,(H,33,35);2H,1H3. The van der Waals surface area contributed by atoms with E-state index in [0.717, 1.165) is 24.3 Å². The minimum absolute atomic E-state index is 0.0989. The van der Waals surface area contributed by atoms with Crippen LogP contribution in [0, 0.1) is 24.0 Å². The minimum atomic E-state index is -0.779. The number of nitrogens with zero attached hydrogens (tertiary/aromatic N) is 1. The van der Waals surface area contributed by atoms with E-state index >= 15 is 0 Å². The lowest BCUT2D eigenvalue weighted by molar-refractivity contribution is 0.102. The second-order valence-electron chi connectivity index (χ2n) is 8.26. The first kappa shape index (κ1) is 29.9. The highest BCUT2D eigenvalue weighted by Crippen LogP contribution is 2.34. The summed E-state index contributed by atoms with van der Waals surface area (Å²) in [5, 5.41) is 12.9. The molecule has 9 nitrogen and oxygen atoms in total. The number of carbonyl (C=O) groups is 1. The lowest BCUT2D eigenvalue weighted by Gasteiger charge is -2.14. The average Bonchev–Trinajstić information content (AvgIpc) is 2.92. The van der Waals surface area contributed by atoms with Gasteiger partial charge in [0.1, 0.15) is 11.4 Å². The molecule has 4 rings (SSSR count). The van der Waals surface area contributed by atoms with E-state index < -0.39 is 23.1 Å². The Kier molecular flexibility index (Phi) is 10.0. The number of nitrogens with two attached hydrogens (primary N) is 1. The van der Waals surface area contributed by atoms with Crippen molar-refractivity contribution in [2.24, 2.45) is 0 Å². The molecule has 3 aromatic carbocycles. The molecule has 0 atom stereocenters. The van der Waals surface area contributed by atoms with E-state index in [0.29, 0.717) is 22.6 Å². The largest absolute Gasteiger partial charge is 0.452 e. The van der Waals surface area contributed by atoms with Gasteiger partial charge < -0.3 is 31.1 Å². The molecule has 208 valence electrons. The Hall–Kier alpha value is -4.68. The molecule has 0 aliphatic rings. The van der Waals surface area contributed by atoms with E-state index in [-0.39, 0.29) is 28.4 Å². The normalized spacial score (nSPS) is 10.2. The molecule has 0 bridgehead atoms. The van der Waals surface area contributed by atoms with Crippen molar-refractivity contribution >= 4 is 41.2 Å². The quantitative estimate of drug-likeness (QED) is 0.106. The number of nitrogen functional groups attached to an aromatic ring is 1. The summed E-state index contributed by atoms with van der Waals surface area (Å²) in [7, 11) is 1.68. The molecule has 0 unspecified atom stereocenters. The van der Waals surface area contributed by atoms with Crippen molar-refractivity contribution in [1.82, 2.24) is 4.57 Å². The molecule has 6 N–H and O–H groups in total. The Morgan fingerprint density at radius 2 is 1.75 bits per heavy atom.